The number of anilines is 1. The van der Waals surface area contributed by atoms with E-state index in [0.29, 0.717) is 38.1 Å². The molecule has 3 heterocycles. The van der Waals surface area contributed by atoms with Crippen LogP contribution in [0.4, 0.5) is 5.95 Å². The first-order valence-corrected chi connectivity index (χ1v) is 7.89. The maximum Gasteiger partial charge on any atom is 0.251 e. The molecule has 1 aromatic rings. The van der Waals surface area contributed by atoms with E-state index in [2.05, 4.69) is 14.9 Å². The SMILES string of the molecule is CCOc1ccnc(N2CCN(C(=O)[C@@H]3CCCO3)CC2)n1. The first-order chi connectivity index (χ1) is 10.8. The summed E-state index contributed by atoms with van der Waals surface area (Å²) in [5.74, 6) is 1.38. The molecule has 0 saturated carbocycles. The molecule has 0 aliphatic carbocycles. The number of ether oxygens (including phenoxy) is 2. The van der Waals surface area contributed by atoms with E-state index in [0.717, 1.165) is 25.9 Å². The lowest BCUT2D eigenvalue weighted by Crippen LogP contribution is -2.51. The normalized spacial score (nSPS) is 22.0. The minimum absolute atomic E-state index is 0.126. The van der Waals surface area contributed by atoms with E-state index >= 15 is 0 Å². The Morgan fingerprint density at radius 3 is 2.91 bits per heavy atom. The van der Waals surface area contributed by atoms with Gasteiger partial charge in [0.15, 0.2) is 0 Å². The highest BCUT2D eigenvalue weighted by molar-refractivity contribution is 5.81. The molecule has 0 spiro atoms. The average molecular weight is 306 g/mol. The second-order valence-corrected chi connectivity index (χ2v) is 5.44. The van der Waals surface area contributed by atoms with Gasteiger partial charge in [0, 0.05) is 45.0 Å². The second-order valence-electron chi connectivity index (χ2n) is 5.44. The van der Waals surface area contributed by atoms with E-state index < -0.39 is 0 Å². The van der Waals surface area contributed by atoms with E-state index in [1.807, 2.05) is 11.8 Å². The fourth-order valence-electron chi connectivity index (χ4n) is 2.82. The first kappa shape index (κ1) is 15.0. The van der Waals surface area contributed by atoms with Crippen molar-refractivity contribution in [3.05, 3.63) is 12.3 Å². The van der Waals surface area contributed by atoms with Gasteiger partial charge in [-0.3, -0.25) is 4.79 Å². The highest BCUT2D eigenvalue weighted by atomic mass is 16.5. The summed E-state index contributed by atoms with van der Waals surface area (Å²) in [5.41, 5.74) is 0. The van der Waals surface area contributed by atoms with Crippen LogP contribution in [0.3, 0.4) is 0 Å². The summed E-state index contributed by atoms with van der Waals surface area (Å²) in [7, 11) is 0. The van der Waals surface area contributed by atoms with E-state index in [1.54, 1.807) is 12.3 Å². The zero-order valence-electron chi connectivity index (χ0n) is 12.9. The van der Waals surface area contributed by atoms with E-state index in [1.165, 1.54) is 0 Å². The lowest BCUT2D eigenvalue weighted by molar-refractivity contribution is -0.141. The summed E-state index contributed by atoms with van der Waals surface area (Å²) in [5, 5.41) is 0. The quantitative estimate of drug-likeness (QED) is 0.816. The molecule has 0 radical (unpaired) electrons. The Hall–Kier alpha value is -1.89. The fraction of sp³-hybridized carbons (Fsp3) is 0.667. The summed E-state index contributed by atoms with van der Waals surface area (Å²) in [6.07, 6.45) is 3.30. The Bertz CT molecular complexity index is 511. The second kappa shape index (κ2) is 6.91. The van der Waals surface area contributed by atoms with Crippen molar-refractivity contribution in [3.8, 4) is 5.88 Å². The van der Waals surface area contributed by atoms with Gasteiger partial charge >= 0.3 is 0 Å². The van der Waals surface area contributed by atoms with Crippen molar-refractivity contribution >= 4 is 11.9 Å². The molecular weight excluding hydrogens is 284 g/mol. The van der Waals surface area contributed by atoms with E-state index in [9.17, 15) is 4.79 Å². The number of rotatable bonds is 4. The van der Waals surface area contributed by atoms with Gasteiger partial charge in [-0.15, -0.1) is 0 Å². The molecule has 2 aliphatic rings. The number of piperazine rings is 1. The molecule has 0 bridgehead atoms. The molecule has 2 saturated heterocycles. The van der Waals surface area contributed by atoms with Crippen molar-refractivity contribution < 1.29 is 14.3 Å². The fourth-order valence-corrected chi connectivity index (χ4v) is 2.82. The van der Waals surface area contributed by atoms with Crippen molar-refractivity contribution in [2.24, 2.45) is 0 Å². The monoisotopic (exact) mass is 306 g/mol. The van der Waals surface area contributed by atoms with Crippen LogP contribution in [0.15, 0.2) is 12.3 Å². The molecule has 1 aromatic heterocycles. The maximum absolute atomic E-state index is 12.3. The number of carbonyl (C=O) groups excluding carboxylic acids is 1. The Labute approximate surface area is 130 Å². The molecule has 3 rings (SSSR count). The third-order valence-electron chi connectivity index (χ3n) is 3.99. The summed E-state index contributed by atoms with van der Waals surface area (Å²) >= 11 is 0. The van der Waals surface area contributed by atoms with Crippen molar-refractivity contribution in [2.75, 3.05) is 44.3 Å². The number of carbonyl (C=O) groups is 1. The molecule has 120 valence electrons. The van der Waals surface area contributed by atoms with Gasteiger partial charge in [-0.25, -0.2) is 4.98 Å². The van der Waals surface area contributed by atoms with Gasteiger partial charge < -0.3 is 19.3 Å². The zero-order valence-corrected chi connectivity index (χ0v) is 12.9. The number of amides is 1. The lowest BCUT2D eigenvalue weighted by Gasteiger charge is -2.35. The van der Waals surface area contributed by atoms with Crippen LogP contribution in [0.5, 0.6) is 5.88 Å². The van der Waals surface area contributed by atoms with Gasteiger partial charge in [0.05, 0.1) is 6.61 Å². The van der Waals surface area contributed by atoms with Crippen LogP contribution in [-0.4, -0.2) is 66.3 Å². The molecule has 7 heteroatoms. The minimum Gasteiger partial charge on any atom is -0.478 e. The molecular formula is C15H22N4O3. The van der Waals surface area contributed by atoms with Crippen molar-refractivity contribution in [1.29, 1.82) is 0 Å². The lowest BCUT2D eigenvalue weighted by atomic mass is 10.2. The topological polar surface area (TPSA) is 67.8 Å². The Balaban J connectivity index is 1.57. The number of hydrogen-bond donors (Lipinski definition) is 0. The molecule has 2 aliphatic heterocycles. The van der Waals surface area contributed by atoms with Crippen LogP contribution < -0.4 is 9.64 Å². The largest absolute Gasteiger partial charge is 0.478 e. The summed E-state index contributed by atoms with van der Waals surface area (Å²) in [6.45, 7) is 6.04. The van der Waals surface area contributed by atoms with Gasteiger partial charge in [0.1, 0.15) is 6.10 Å². The Morgan fingerprint density at radius 2 is 2.23 bits per heavy atom. The molecule has 1 amide bonds. The highest BCUT2D eigenvalue weighted by Crippen LogP contribution is 2.18. The molecule has 7 nitrogen and oxygen atoms in total. The summed E-state index contributed by atoms with van der Waals surface area (Å²) in [6, 6.07) is 1.75. The van der Waals surface area contributed by atoms with Crippen LogP contribution in [-0.2, 0) is 9.53 Å². The molecule has 1 atom stereocenters. The van der Waals surface area contributed by atoms with Gasteiger partial charge in [-0.05, 0) is 19.8 Å². The van der Waals surface area contributed by atoms with Crippen LogP contribution in [0.1, 0.15) is 19.8 Å². The van der Waals surface area contributed by atoms with Gasteiger partial charge in [-0.1, -0.05) is 0 Å². The van der Waals surface area contributed by atoms with E-state index in [4.69, 9.17) is 9.47 Å². The molecule has 22 heavy (non-hydrogen) atoms. The number of hydrogen-bond acceptors (Lipinski definition) is 6. The summed E-state index contributed by atoms with van der Waals surface area (Å²) in [4.78, 5) is 25.0. The highest BCUT2D eigenvalue weighted by Gasteiger charge is 2.30. The van der Waals surface area contributed by atoms with Crippen LogP contribution in [0.25, 0.3) is 0 Å². The van der Waals surface area contributed by atoms with Gasteiger partial charge in [0.2, 0.25) is 11.8 Å². The predicted molar refractivity (Wildman–Crippen MR) is 81.0 cm³/mol. The van der Waals surface area contributed by atoms with Crippen molar-refractivity contribution in [1.82, 2.24) is 14.9 Å². The number of aromatic nitrogens is 2. The smallest absolute Gasteiger partial charge is 0.251 e. The third-order valence-corrected chi connectivity index (χ3v) is 3.99. The average Bonchev–Trinajstić information content (AvgIpc) is 3.09. The van der Waals surface area contributed by atoms with Crippen LogP contribution >= 0.6 is 0 Å². The first-order valence-electron chi connectivity index (χ1n) is 7.89. The van der Waals surface area contributed by atoms with Crippen molar-refractivity contribution in [2.45, 2.75) is 25.9 Å². The van der Waals surface area contributed by atoms with Gasteiger partial charge in [-0.2, -0.15) is 4.98 Å². The van der Waals surface area contributed by atoms with Gasteiger partial charge in [0.25, 0.3) is 5.91 Å². The predicted octanol–water partition coefficient (Wildman–Crippen LogP) is 0.703. The molecule has 2 fully saturated rings. The third kappa shape index (κ3) is 3.30. The Kier molecular flexibility index (Phi) is 4.72. The Morgan fingerprint density at radius 1 is 1.41 bits per heavy atom. The molecule has 0 N–H and O–H groups in total. The minimum atomic E-state index is -0.232. The molecule has 0 aromatic carbocycles. The molecule has 0 unspecified atom stereocenters. The van der Waals surface area contributed by atoms with Crippen molar-refractivity contribution in [3.63, 3.8) is 0 Å². The summed E-state index contributed by atoms with van der Waals surface area (Å²) < 4.78 is 10.9. The maximum atomic E-state index is 12.3. The number of nitrogens with zero attached hydrogens (tertiary/aromatic N) is 4. The zero-order chi connectivity index (χ0) is 15.4. The van der Waals surface area contributed by atoms with E-state index in [-0.39, 0.29) is 12.0 Å². The van der Waals surface area contributed by atoms with Crippen LogP contribution in [0, 0.1) is 0 Å². The van der Waals surface area contributed by atoms with Crippen LogP contribution in [0.2, 0.25) is 0 Å². The standard InChI is InChI=1S/C15H22N4O3/c1-2-21-13-5-6-16-15(17-13)19-9-7-18(8-10-19)14(20)12-4-3-11-22-12/h5-6,12H,2-4,7-11H2,1H3/t12-/m0/s1.